The van der Waals surface area contributed by atoms with E-state index in [1.54, 1.807) is 29.2 Å². The molecule has 2 fully saturated rings. The van der Waals surface area contributed by atoms with Crippen molar-refractivity contribution < 1.29 is 17.9 Å². The molecule has 1 N–H and O–H groups in total. The molecule has 4 rings (SSSR count). The number of nitrogens with zero attached hydrogens (tertiary/aromatic N) is 2. The van der Waals surface area contributed by atoms with Crippen LogP contribution < -0.4 is 10.1 Å². The lowest BCUT2D eigenvalue weighted by atomic mass is 10.0. The van der Waals surface area contributed by atoms with Crippen LogP contribution in [0.1, 0.15) is 31.4 Å². The van der Waals surface area contributed by atoms with Gasteiger partial charge in [-0.05, 0) is 55.5 Å². The van der Waals surface area contributed by atoms with E-state index in [1.807, 2.05) is 37.3 Å². The predicted molar refractivity (Wildman–Crippen MR) is 118 cm³/mol. The number of amides is 2. The second-order valence-electron chi connectivity index (χ2n) is 7.97. The number of benzene rings is 2. The van der Waals surface area contributed by atoms with Crippen LogP contribution in [0.15, 0.2) is 59.5 Å². The van der Waals surface area contributed by atoms with E-state index in [9.17, 15) is 13.2 Å². The Bertz CT molecular complexity index is 983. The van der Waals surface area contributed by atoms with Crippen LogP contribution in [0.2, 0.25) is 0 Å². The number of nitrogens with one attached hydrogen (secondary N) is 1. The van der Waals surface area contributed by atoms with Crippen LogP contribution in [-0.2, 0) is 10.0 Å². The van der Waals surface area contributed by atoms with E-state index in [2.05, 4.69) is 5.32 Å². The smallest absolute Gasteiger partial charge is 0.317 e. The first-order chi connectivity index (χ1) is 15.0. The van der Waals surface area contributed by atoms with E-state index < -0.39 is 10.0 Å². The van der Waals surface area contributed by atoms with Crippen LogP contribution in [-0.4, -0.2) is 56.4 Å². The molecule has 2 aliphatic rings. The Hall–Kier alpha value is -2.58. The highest BCUT2D eigenvalue weighted by molar-refractivity contribution is 7.89. The third kappa shape index (κ3) is 5.02. The summed E-state index contributed by atoms with van der Waals surface area (Å²) >= 11 is 0. The van der Waals surface area contributed by atoms with Gasteiger partial charge in [-0.2, -0.15) is 4.31 Å². The van der Waals surface area contributed by atoms with Crippen molar-refractivity contribution in [2.75, 3.05) is 32.8 Å². The fourth-order valence-corrected chi connectivity index (χ4v) is 5.36. The maximum absolute atomic E-state index is 13.0. The fourth-order valence-electron chi connectivity index (χ4n) is 3.94. The number of piperazine rings is 1. The summed E-state index contributed by atoms with van der Waals surface area (Å²) in [5.74, 6) is 1.12. The third-order valence-corrected chi connectivity index (χ3v) is 7.74. The topological polar surface area (TPSA) is 79.0 Å². The highest BCUT2D eigenvalue weighted by atomic mass is 32.2. The Kier molecular flexibility index (Phi) is 6.48. The lowest BCUT2D eigenvalue weighted by Gasteiger charge is -2.35. The van der Waals surface area contributed by atoms with E-state index in [0.717, 1.165) is 18.4 Å². The number of ether oxygens (including phenoxy) is 1. The van der Waals surface area contributed by atoms with Gasteiger partial charge in [0.25, 0.3) is 0 Å². The minimum Gasteiger partial charge on any atom is -0.494 e. The number of carbonyl (C=O) groups is 1. The molecule has 2 aromatic carbocycles. The van der Waals surface area contributed by atoms with Gasteiger partial charge >= 0.3 is 6.03 Å². The van der Waals surface area contributed by atoms with E-state index in [4.69, 9.17) is 4.74 Å². The second kappa shape index (κ2) is 9.28. The zero-order valence-corrected chi connectivity index (χ0v) is 18.6. The summed E-state index contributed by atoms with van der Waals surface area (Å²) in [4.78, 5) is 14.8. The standard InChI is InChI=1S/C23H29N3O4S/c1-2-30-20-10-12-21(13-11-20)31(28,29)26-16-14-25(15-17-26)23(27)24-22(19-8-9-19)18-6-4-3-5-7-18/h3-7,10-13,19,22H,2,8-9,14-17H2,1H3,(H,24,27)/t22-/m1/s1. The molecule has 31 heavy (non-hydrogen) atoms. The van der Waals surface area contributed by atoms with Crippen molar-refractivity contribution in [3.8, 4) is 5.75 Å². The Balaban J connectivity index is 1.36. The number of urea groups is 1. The normalized spacial score (nSPS) is 18.4. The van der Waals surface area contributed by atoms with Crippen LogP contribution in [0.3, 0.4) is 0 Å². The van der Waals surface area contributed by atoms with Gasteiger partial charge in [-0.15, -0.1) is 0 Å². The molecule has 0 radical (unpaired) electrons. The summed E-state index contributed by atoms with van der Waals surface area (Å²) < 4.78 is 32.7. The van der Waals surface area contributed by atoms with Crippen molar-refractivity contribution in [2.24, 2.45) is 5.92 Å². The largest absolute Gasteiger partial charge is 0.494 e. The average molecular weight is 444 g/mol. The molecule has 8 heteroatoms. The highest BCUT2D eigenvalue weighted by Gasteiger charge is 2.35. The van der Waals surface area contributed by atoms with Crippen LogP contribution in [0.5, 0.6) is 5.75 Å². The summed E-state index contributed by atoms with van der Waals surface area (Å²) in [5.41, 5.74) is 1.12. The van der Waals surface area contributed by atoms with Crippen molar-refractivity contribution in [2.45, 2.75) is 30.7 Å². The number of hydrogen-bond acceptors (Lipinski definition) is 4. The van der Waals surface area contributed by atoms with Gasteiger partial charge in [-0.1, -0.05) is 30.3 Å². The molecule has 166 valence electrons. The van der Waals surface area contributed by atoms with Crippen molar-refractivity contribution in [3.05, 3.63) is 60.2 Å². The van der Waals surface area contributed by atoms with Gasteiger partial charge in [-0.3, -0.25) is 0 Å². The monoisotopic (exact) mass is 443 g/mol. The van der Waals surface area contributed by atoms with E-state index in [1.165, 1.54) is 4.31 Å². The summed E-state index contributed by atoms with van der Waals surface area (Å²) in [5, 5.41) is 3.17. The first-order valence-electron chi connectivity index (χ1n) is 10.8. The van der Waals surface area contributed by atoms with Crippen molar-refractivity contribution in [1.29, 1.82) is 0 Å². The zero-order chi connectivity index (χ0) is 21.8. The summed E-state index contributed by atoms with van der Waals surface area (Å²) in [6.07, 6.45) is 2.24. The molecule has 1 aliphatic heterocycles. The van der Waals surface area contributed by atoms with Crippen LogP contribution in [0.4, 0.5) is 4.79 Å². The van der Waals surface area contributed by atoms with Gasteiger partial charge in [0.05, 0.1) is 17.5 Å². The average Bonchev–Trinajstić information content (AvgIpc) is 3.64. The number of hydrogen-bond donors (Lipinski definition) is 1. The number of rotatable bonds is 7. The van der Waals surface area contributed by atoms with Gasteiger partial charge in [0.15, 0.2) is 0 Å². The molecule has 1 atom stereocenters. The molecule has 7 nitrogen and oxygen atoms in total. The molecular formula is C23H29N3O4S. The maximum atomic E-state index is 13.0. The second-order valence-corrected chi connectivity index (χ2v) is 9.91. The van der Waals surface area contributed by atoms with Crippen molar-refractivity contribution in [1.82, 2.24) is 14.5 Å². The predicted octanol–water partition coefficient (Wildman–Crippen LogP) is 3.25. The maximum Gasteiger partial charge on any atom is 0.317 e. The Morgan fingerprint density at radius 2 is 1.68 bits per heavy atom. The summed E-state index contributed by atoms with van der Waals surface area (Å²) in [6, 6.07) is 16.4. The lowest BCUT2D eigenvalue weighted by Crippen LogP contribution is -2.53. The van der Waals surface area contributed by atoms with Gasteiger partial charge in [-0.25, -0.2) is 13.2 Å². The lowest BCUT2D eigenvalue weighted by molar-refractivity contribution is 0.167. The summed E-state index contributed by atoms with van der Waals surface area (Å²) in [7, 11) is -3.59. The molecule has 1 heterocycles. The first-order valence-corrected chi connectivity index (χ1v) is 12.3. The molecule has 1 saturated carbocycles. The van der Waals surface area contributed by atoms with Crippen molar-refractivity contribution in [3.63, 3.8) is 0 Å². The van der Waals surface area contributed by atoms with Crippen LogP contribution in [0, 0.1) is 5.92 Å². The molecule has 2 aromatic rings. The van der Waals surface area contributed by atoms with Crippen LogP contribution in [0.25, 0.3) is 0 Å². The molecular weight excluding hydrogens is 414 g/mol. The first kappa shape index (κ1) is 21.6. The van der Waals surface area contributed by atoms with Gasteiger partial charge < -0.3 is 15.0 Å². The van der Waals surface area contributed by atoms with Gasteiger partial charge in [0.1, 0.15) is 5.75 Å². The Morgan fingerprint density at radius 3 is 2.26 bits per heavy atom. The van der Waals surface area contributed by atoms with E-state index in [-0.39, 0.29) is 30.1 Å². The van der Waals surface area contributed by atoms with E-state index in [0.29, 0.717) is 31.4 Å². The Labute approximate surface area is 184 Å². The van der Waals surface area contributed by atoms with Gasteiger partial charge in [0, 0.05) is 26.2 Å². The van der Waals surface area contributed by atoms with Gasteiger partial charge in [0.2, 0.25) is 10.0 Å². The zero-order valence-electron chi connectivity index (χ0n) is 17.7. The third-order valence-electron chi connectivity index (χ3n) is 5.83. The minimum atomic E-state index is -3.59. The van der Waals surface area contributed by atoms with E-state index >= 15 is 0 Å². The molecule has 0 bridgehead atoms. The molecule has 1 aliphatic carbocycles. The summed E-state index contributed by atoms with van der Waals surface area (Å²) in [6.45, 7) is 3.71. The molecule has 0 spiro atoms. The molecule has 0 aromatic heterocycles. The number of sulfonamides is 1. The SMILES string of the molecule is CCOc1ccc(S(=O)(=O)N2CCN(C(=O)N[C@H](c3ccccc3)C3CC3)CC2)cc1. The van der Waals surface area contributed by atoms with Crippen molar-refractivity contribution >= 4 is 16.1 Å². The fraction of sp³-hybridized carbons (Fsp3) is 0.435. The minimum absolute atomic E-state index is 0.0133. The van der Waals surface area contributed by atoms with Crippen LogP contribution >= 0.6 is 0 Å². The Morgan fingerprint density at radius 1 is 1.03 bits per heavy atom. The molecule has 1 saturated heterocycles. The highest BCUT2D eigenvalue weighted by Crippen LogP contribution is 2.41. The number of carbonyl (C=O) groups excluding carboxylic acids is 1. The molecule has 2 amide bonds. The quantitative estimate of drug-likeness (QED) is 0.713. The molecule has 0 unspecified atom stereocenters.